The number of halogens is 1. The molecule has 2 heterocycles. The smallest absolute Gasteiger partial charge is 0.149 e. The zero-order valence-electron chi connectivity index (χ0n) is 12.3. The lowest BCUT2D eigenvalue weighted by Crippen LogP contribution is -2.33. The number of hydrogen-bond acceptors (Lipinski definition) is 3. The van der Waals surface area contributed by atoms with E-state index in [0.717, 1.165) is 56.3 Å². The predicted octanol–water partition coefficient (Wildman–Crippen LogP) is 5.29. The van der Waals surface area contributed by atoms with Crippen LogP contribution in [0.25, 0.3) is 21.9 Å². The largest absolute Gasteiger partial charge is 0.461 e. The van der Waals surface area contributed by atoms with Crippen molar-refractivity contribution in [1.82, 2.24) is 0 Å². The van der Waals surface area contributed by atoms with Crippen molar-refractivity contribution in [2.24, 2.45) is 5.73 Å². The van der Waals surface area contributed by atoms with Crippen LogP contribution in [0.15, 0.2) is 25.4 Å². The van der Waals surface area contributed by atoms with Crippen molar-refractivity contribution >= 4 is 37.9 Å². The van der Waals surface area contributed by atoms with Crippen molar-refractivity contribution in [2.45, 2.75) is 45.1 Å². The van der Waals surface area contributed by atoms with Gasteiger partial charge in [0.1, 0.15) is 22.7 Å². The third-order valence-electron chi connectivity index (χ3n) is 4.64. The minimum Gasteiger partial charge on any atom is -0.461 e. The molecule has 1 saturated carbocycles. The molecule has 2 N–H and O–H groups in total. The van der Waals surface area contributed by atoms with E-state index < -0.39 is 0 Å². The number of rotatable bonds is 1. The van der Waals surface area contributed by atoms with E-state index in [1.165, 1.54) is 12.8 Å². The first-order valence-electron chi connectivity index (χ1n) is 7.41. The fraction of sp³-hybridized carbons (Fsp3) is 0.412. The Morgan fingerprint density at radius 1 is 1.00 bits per heavy atom. The monoisotopic (exact) mass is 347 g/mol. The van der Waals surface area contributed by atoms with E-state index in [0.29, 0.717) is 0 Å². The van der Waals surface area contributed by atoms with Gasteiger partial charge in [-0.25, -0.2) is 0 Å². The molecule has 0 amide bonds. The molecule has 110 valence electrons. The second-order valence-electron chi connectivity index (χ2n) is 6.25. The molecule has 4 rings (SSSR count). The van der Waals surface area contributed by atoms with E-state index in [1.54, 1.807) is 0 Å². The van der Waals surface area contributed by atoms with E-state index in [4.69, 9.17) is 14.6 Å². The highest BCUT2D eigenvalue weighted by Gasteiger charge is 2.37. The van der Waals surface area contributed by atoms with Crippen LogP contribution in [0.3, 0.4) is 0 Å². The molecule has 0 aliphatic heterocycles. The van der Waals surface area contributed by atoms with Gasteiger partial charge in [0.2, 0.25) is 0 Å². The molecule has 0 unspecified atom stereocenters. The number of benzene rings is 1. The van der Waals surface area contributed by atoms with Crippen LogP contribution in [-0.4, -0.2) is 0 Å². The molecule has 3 aromatic rings. The molecule has 0 saturated heterocycles. The first kappa shape index (κ1) is 13.4. The van der Waals surface area contributed by atoms with Gasteiger partial charge in [-0.15, -0.1) is 0 Å². The van der Waals surface area contributed by atoms with E-state index in [9.17, 15) is 0 Å². The summed E-state index contributed by atoms with van der Waals surface area (Å²) in [5, 5.41) is 2.15. The Bertz CT molecular complexity index is 795. The van der Waals surface area contributed by atoms with Crippen LogP contribution in [0.2, 0.25) is 0 Å². The fourth-order valence-corrected chi connectivity index (χ4v) is 4.31. The van der Waals surface area contributed by atoms with Gasteiger partial charge < -0.3 is 14.6 Å². The van der Waals surface area contributed by atoms with Gasteiger partial charge in [-0.3, -0.25) is 0 Å². The average Bonchev–Trinajstić information content (AvgIpc) is 3.09. The highest BCUT2D eigenvalue weighted by Crippen LogP contribution is 2.47. The van der Waals surface area contributed by atoms with Gasteiger partial charge in [-0.05, 0) is 54.8 Å². The molecule has 0 radical (unpaired) electrons. The molecule has 1 fully saturated rings. The second kappa shape index (κ2) is 4.37. The third-order valence-corrected chi connectivity index (χ3v) is 5.42. The van der Waals surface area contributed by atoms with Gasteiger partial charge in [0.15, 0.2) is 0 Å². The summed E-state index contributed by atoms with van der Waals surface area (Å²) in [4.78, 5) is 0. The quantitative estimate of drug-likeness (QED) is 0.650. The van der Waals surface area contributed by atoms with Gasteiger partial charge >= 0.3 is 0 Å². The van der Waals surface area contributed by atoms with Crippen molar-refractivity contribution in [3.63, 3.8) is 0 Å². The molecule has 21 heavy (non-hydrogen) atoms. The van der Waals surface area contributed by atoms with E-state index in [2.05, 4.69) is 28.1 Å². The molecular formula is C17H18BrNO2. The molecular weight excluding hydrogens is 330 g/mol. The van der Waals surface area contributed by atoms with Crippen molar-refractivity contribution in [1.29, 1.82) is 0 Å². The molecule has 1 aromatic carbocycles. The minimum atomic E-state index is -0.308. The maximum atomic E-state index is 6.76. The molecule has 0 bridgehead atoms. The third kappa shape index (κ3) is 1.82. The Morgan fingerprint density at radius 2 is 1.57 bits per heavy atom. The number of furan rings is 2. The maximum Gasteiger partial charge on any atom is 0.149 e. The van der Waals surface area contributed by atoms with Gasteiger partial charge in [0.05, 0.1) is 4.47 Å². The molecule has 1 aliphatic carbocycles. The van der Waals surface area contributed by atoms with Crippen LogP contribution in [0.4, 0.5) is 0 Å². The van der Waals surface area contributed by atoms with Crippen LogP contribution in [-0.2, 0) is 5.54 Å². The predicted molar refractivity (Wildman–Crippen MR) is 87.5 cm³/mol. The topological polar surface area (TPSA) is 52.3 Å². The summed E-state index contributed by atoms with van der Waals surface area (Å²) in [5.41, 5.74) is 9.38. The Morgan fingerprint density at radius 3 is 2.24 bits per heavy atom. The summed E-state index contributed by atoms with van der Waals surface area (Å²) in [5.74, 6) is 1.80. The van der Waals surface area contributed by atoms with Gasteiger partial charge in [-0.2, -0.15) is 0 Å². The first-order chi connectivity index (χ1) is 9.99. The number of fused-ring (bicyclic) bond motifs is 2. The molecule has 1 aliphatic rings. The summed E-state index contributed by atoms with van der Waals surface area (Å²) >= 11 is 3.67. The highest BCUT2D eigenvalue weighted by atomic mass is 79.9. The zero-order chi connectivity index (χ0) is 14.8. The van der Waals surface area contributed by atoms with E-state index >= 15 is 0 Å². The lowest BCUT2D eigenvalue weighted by atomic mass is 9.86. The SMILES string of the molecule is Cc1cc2c(C3(N)CCCC3)c3oc(C)cc3c(Br)c2o1. The van der Waals surface area contributed by atoms with Crippen molar-refractivity contribution in [3.05, 3.63) is 33.7 Å². The minimum absolute atomic E-state index is 0.308. The number of hydrogen-bond donors (Lipinski definition) is 1. The summed E-state index contributed by atoms with van der Waals surface area (Å²) in [6.07, 6.45) is 4.35. The average molecular weight is 348 g/mol. The molecule has 2 aromatic heterocycles. The summed E-state index contributed by atoms with van der Waals surface area (Å²) in [7, 11) is 0. The molecule has 3 nitrogen and oxygen atoms in total. The van der Waals surface area contributed by atoms with Gasteiger partial charge in [0.25, 0.3) is 0 Å². The van der Waals surface area contributed by atoms with Crippen LogP contribution in [0.1, 0.15) is 42.8 Å². The summed E-state index contributed by atoms with van der Waals surface area (Å²) < 4.78 is 12.9. The Hall–Kier alpha value is -1.26. The van der Waals surface area contributed by atoms with Crippen LogP contribution < -0.4 is 5.73 Å². The van der Waals surface area contributed by atoms with Crippen molar-refractivity contribution in [2.75, 3.05) is 0 Å². The second-order valence-corrected chi connectivity index (χ2v) is 7.04. The number of aryl methyl sites for hydroxylation is 2. The fourth-order valence-electron chi connectivity index (χ4n) is 3.72. The first-order valence-corrected chi connectivity index (χ1v) is 8.20. The van der Waals surface area contributed by atoms with Gasteiger partial charge in [-0.1, -0.05) is 12.8 Å². The van der Waals surface area contributed by atoms with Crippen molar-refractivity contribution in [3.8, 4) is 0 Å². The lowest BCUT2D eigenvalue weighted by Gasteiger charge is -2.25. The standard InChI is InChI=1S/C17H18BrNO2/c1-9-7-11-13(17(19)5-3-4-6-17)15-12(8-10(2)20-15)14(18)16(11)21-9/h7-8H,3-6,19H2,1-2H3. The van der Waals surface area contributed by atoms with Crippen LogP contribution in [0.5, 0.6) is 0 Å². The van der Waals surface area contributed by atoms with E-state index in [-0.39, 0.29) is 5.54 Å². The number of nitrogens with two attached hydrogens (primary N) is 1. The lowest BCUT2D eigenvalue weighted by molar-refractivity contribution is 0.457. The van der Waals surface area contributed by atoms with E-state index in [1.807, 2.05) is 13.8 Å². The molecule has 0 spiro atoms. The highest BCUT2D eigenvalue weighted by molar-refractivity contribution is 9.10. The Labute approximate surface area is 131 Å². The zero-order valence-corrected chi connectivity index (χ0v) is 13.8. The normalized spacial score (nSPS) is 18.1. The Kier molecular flexibility index (Phi) is 2.79. The van der Waals surface area contributed by atoms with Crippen LogP contribution in [0, 0.1) is 13.8 Å². The van der Waals surface area contributed by atoms with Gasteiger partial charge in [0, 0.05) is 21.9 Å². The van der Waals surface area contributed by atoms with Crippen molar-refractivity contribution < 1.29 is 8.83 Å². The molecule has 0 atom stereocenters. The summed E-state index contributed by atoms with van der Waals surface area (Å²) in [6.45, 7) is 3.95. The Balaban J connectivity index is 2.20. The summed E-state index contributed by atoms with van der Waals surface area (Å²) in [6, 6.07) is 4.14. The van der Waals surface area contributed by atoms with Crippen LogP contribution >= 0.6 is 15.9 Å². The maximum absolute atomic E-state index is 6.76. The molecule has 4 heteroatoms.